The van der Waals surface area contributed by atoms with Crippen molar-refractivity contribution in [1.82, 2.24) is 9.29 Å². The van der Waals surface area contributed by atoms with Crippen molar-refractivity contribution in [3.8, 4) is 0 Å². The third kappa shape index (κ3) is 4.63. The van der Waals surface area contributed by atoms with Gasteiger partial charge in [-0.15, -0.1) is 11.8 Å². The molecule has 0 bridgehead atoms. The zero-order chi connectivity index (χ0) is 13.8. The summed E-state index contributed by atoms with van der Waals surface area (Å²) < 4.78 is 23.3. The van der Waals surface area contributed by atoms with Crippen LogP contribution in [-0.4, -0.2) is 49.7 Å². The number of rotatable bonds is 5. The topological polar surface area (TPSA) is 79.4 Å². The predicted molar refractivity (Wildman–Crippen MR) is 72.1 cm³/mol. The minimum atomic E-state index is -3.35. The van der Waals surface area contributed by atoms with Gasteiger partial charge in [0.15, 0.2) is 0 Å². The van der Waals surface area contributed by atoms with Crippen molar-refractivity contribution in [2.75, 3.05) is 31.4 Å². The maximum atomic E-state index is 11.6. The molecule has 1 amide bonds. The molecule has 0 radical (unpaired) electrons. The molecule has 0 spiro atoms. The smallest absolute Gasteiger partial charge is 0.239 e. The Morgan fingerprint density at radius 1 is 1.50 bits per heavy atom. The highest BCUT2D eigenvalue weighted by molar-refractivity contribution is 7.98. The number of carbonyl (C=O) groups is 1. The number of hydrogen-bond acceptors (Lipinski definition) is 5. The summed E-state index contributed by atoms with van der Waals surface area (Å²) in [7, 11) is -2.00. The second-order valence-electron chi connectivity index (χ2n) is 3.68. The van der Waals surface area contributed by atoms with Gasteiger partial charge in [-0.1, -0.05) is 0 Å². The fourth-order valence-electron chi connectivity index (χ4n) is 1.12. The molecule has 8 heteroatoms. The van der Waals surface area contributed by atoms with Crippen molar-refractivity contribution < 1.29 is 13.2 Å². The summed E-state index contributed by atoms with van der Waals surface area (Å²) >= 11 is 1.51. The summed E-state index contributed by atoms with van der Waals surface area (Å²) in [6.07, 6.45) is 6.15. The molecule has 6 nitrogen and oxygen atoms in total. The normalized spacial score (nSPS) is 11.6. The minimum absolute atomic E-state index is 0.220. The number of anilines is 1. The number of nitrogens with one attached hydrogen (secondary N) is 1. The maximum absolute atomic E-state index is 11.6. The highest BCUT2D eigenvalue weighted by Gasteiger charge is 2.15. The fourth-order valence-corrected chi connectivity index (χ4v) is 1.88. The molecule has 0 aliphatic heterocycles. The lowest BCUT2D eigenvalue weighted by Crippen LogP contribution is -2.34. The molecule has 0 aliphatic rings. The second-order valence-corrected chi connectivity index (χ2v) is 6.65. The molecule has 1 heterocycles. The molecule has 0 aliphatic carbocycles. The van der Waals surface area contributed by atoms with E-state index in [0.29, 0.717) is 5.69 Å². The first-order valence-corrected chi connectivity index (χ1v) is 8.10. The van der Waals surface area contributed by atoms with Crippen molar-refractivity contribution in [1.29, 1.82) is 0 Å². The summed E-state index contributed by atoms with van der Waals surface area (Å²) in [4.78, 5) is 16.5. The monoisotopic (exact) mass is 289 g/mol. The van der Waals surface area contributed by atoms with Gasteiger partial charge in [-0.3, -0.25) is 9.78 Å². The first-order valence-electron chi connectivity index (χ1n) is 5.03. The molecule has 0 aromatic carbocycles. The number of carbonyl (C=O) groups excluding carboxylic acids is 1. The van der Waals surface area contributed by atoms with Crippen molar-refractivity contribution in [2.45, 2.75) is 4.90 Å². The van der Waals surface area contributed by atoms with Crippen LogP contribution in [0.4, 0.5) is 5.69 Å². The number of sulfonamides is 1. The predicted octanol–water partition coefficient (Wildman–Crippen LogP) is 0.633. The van der Waals surface area contributed by atoms with Gasteiger partial charge in [0.2, 0.25) is 15.9 Å². The Morgan fingerprint density at radius 3 is 2.72 bits per heavy atom. The van der Waals surface area contributed by atoms with E-state index < -0.39 is 15.9 Å². The zero-order valence-electron chi connectivity index (χ0n) is 10.4. The van der Waals surface area contributed by atoms with E-state index in [4.69, 9.17) is 0 Å². The lowest BCUT2D eigenvalue weighted by atomic mass is 10.4. The molecule has 0 unspecified atom stereocenters. The quantitative estimate of drug-likeness (QED) is 0.804. The van der Waals surface area contributed by atoms with Crippen LogP contribution >= 0.6 is 11.8 Å². The van der Waals surface area contributed by atoms with E-state index in [1.165, 1.54) is 25.0 Å². The van der Waals surface area contributed by atoms with Gasteiger partial charge >= 0.3 is 0 Å². The Hall–Kier alpha value is -1.12. The van der Waals surface area contributed by atoms with Crippen LogP contribution in [0.1, 0.15) is 0 Å². The summed E-state index contributed by atoms with van der Waals surface area (Å²) in [6.45, 7) is -0.220. The largest absolute Gasteiger partial charge is 0.324 e. The van der Waals surface area contributed by atoms with E-state index in [1.807, 2.05) is 6.26 Å². The number of pyridine rings is 1. The summed E-state index contributed by atoms with van der Waals surface area (Å²) in [5.41, 5.74) is 0.550. The van der Waals surface area contributed by atoms with Crippen LogP contribution in [0.2, 0.25) is 0 Å². The van der Waals surface area contributed by atoms with Gasteiger partial charge in [0.1, 0.15) is 0 Å². The van der Waals surface area contributed by atoms with Gasteiger partial charge in [-0.05, 0) is 12.3 Å². The van der Waals surface area contributed by atoms with Crippen LogP contribution in [-0.2, 0) is 14.8 Å². The van der Waals surface area contributed by atoms with Crippen LogP contribution in [0.15, 0.2) is 23.4 Å². The number of amides is 1. The SMILES string of the molecule is CSc1cncc(NC(=O)CN(C)S(C)(=O)=O)c1. The van der Waals surface area contributed by atoms with Gasteiger partial charge in [-0.25, -0.2) is 8.42 Å². The molecule has 0 saturated carbocycles. The third-order valence-corrected chi connectivity index (χ3v) is 4.12. The molecule has 100 valence electrons. The number of thioether (sulfide) groups is 1. The molecule has 1 rings (SSSR count). The molecular weight excluding hydrogens is 274 g/mol. The molecule has 0 saturated heterocycles. The third-order valence-electron chi connectivity index (χ3n) is 2.17. The van der Waals surface area contributed by atoms with E-state index in [0.717, 1.165) is 15.5 Å². The number of hydrogen-bond donors (Lipinski definition) is 1. The van der Waals surface area contributed by atoms with Crippen molar-refractivity contribution in [3.63, 3.8) is 0 Å². The Labute approximate surface area is 111 Å². The van der Waals surface area contributed by atoms with Gasteiger partial charge in [-0.2, -0.15) is 4.31 Å². The minimum Gasteiger partial charge on any atom is -0.324 e. The van der Waals surface area contributed by atoms with Crippen LogP contribution in [0.3, 0.4) is 0 Å². The highest BCUT2D eigenvalue weighted by Crippen LogP contribution is 2.17. The van der Waals surface area contributed by atoms with Crippen molar-refractivity contribution in [2.24, 2.45) is 0 Å². The molecule has 0 atom stereocenters. The maximum Gasteiger partial charge on any atom is 0.239 e. The molecule has 1 N–H and O–H groups in total. The van der Waals surface area contributed by atoms with E-state index in [9.17, 15) is 13.2 Å². The van der Waals surface area contributed by atoms with Crippen molar-refractivity contribution >= 4 is 33.4 Å². The second kappa shape index (κ2) is 6.17. The van der Waals surface area contributed by atoms with Gasteiger partial charge in [0, 0.05) is 18.1 Å². The standard InChI is InChI=1S/C10H15N3O3S2/c1-13(18(3,15)16)7-10(14)12-8-4-9(17-2)6-11-5-8/h4-6H,7H2,1-3H3,(H,12,14). The lowest BCUT2D eigenvalue weighted by molar-refractivity contribution is -0.116. The fraction of sp³-hybridized carbons (Fsp3) is 0.400. The highest BCUT2D eigenvalue weighted by atomic mass is 32.2. The lowest BCUT2D eigenvalue weighted by Gasteiger charge is -2.13. The number of likely N-dealkylation sites (N-methyl/N-ethyl adjacent to an activating group) is 1. The number of aromatic nitrogens is 1. The van der Waals surface area contributed by atoms with E-state index in [2.05, 4.69) is 10.3 Å². The first kappa shape index (κ1) is 14.9. The Balaban J connectivity index is 2.65. The Morgan fingerprint density at radius 2 is 2.17 bits per heavy atom. The summed E-state index contributed by atoms with van der Waals surface area (Å²) in [6, 6.07) is 1.77. The van der Waals surface area contributed by atoms with Crippen molar-refractivity contribution in [3.05, 3.63) is 18.5 Å². The van der Waals surface area contributed by atoms with E-state index in [1.54, 1.807) is 12.3 Å². The van der Waals surface area contributed by atoms with Crippen LogP contribution in [0.25, 0.3) is 0 Å². The number of nitrogens with zero attached hydrogens (tertiary/aromatic N) is 2. The Bertz CT molecular complexity index is 531. The molecule has 1 aromatic rings. The van der Waals surface area contributed by atoms with Crippen LogP contribution in [0.5, 0.6) is 0 Å². The van der Waals surface area contributed by atoms with Gasteiger partial charge in [0.05, 0.1) is 24.7 Å². The molecule has 1 aromatic heterocycles. The van der Waals surface area contributed by atoms with E-state index in [-0.39, 0.29) is 6.54 Å². The van der Waals surface area contributed by atoms with Crippen LogP contribution in [0, 0.1) is 0 Å². The molecule has 18 heavy (non-hydrogen) atoms. The first-order chi connectivity index (χ1) is 8.32. The van der Waals surface area contributed by atoms with Gasteiger partial charge in [0.25, 0.3) is 0 Å². The zero-order valence-corrected chi connectivity index (χ0v) is 12.0. The Kier molecular flexibility index (Phi) is 5.12. The molecular formula is C10H15N3O3S2. The van der Waals surface area contributed by atoms with Crippen LogP contribution < -0.4 is 5.32 Å². The van der Waals surface area contributed by atoms with Gasteiger partial charge < -0.3 is 5.32 Å². The summed E-state index contributed by atoms with van der Waals surface area (Å²) in [5.74, 6) is -0.400. The van der Waals surface area contributed by atoms with E-state index >= 15 is 0 Å². The average molecular weight is 289 g/mol. The molecule has 0 fully saturated rings. The summed E-state index contributed by atoms with van der Waals surface area (Å²) in [5, 5.41) is 2.60. The average Bonchev–Trinajstić information content (AvgIpc) is 2.27.